The van der Waals surface area contributed by atoms with Crippen molar-refractivity contribution in [2.45, 2.75) is 39.0 Å². The molecule has 1 amide bonds. The van der Waals surface area contributed by atoms with Gasteiger partial charge in [-0.15, -0.1) is 0 Å². The Labute approximate surface area is 137 Å². The fourth-order valence-corrected chi connectivity index (χ4v) is 4.27. The minimum Gasteiger partial charge on any atom is -0.301 e. The van der Waals surface area contributed by atoms with E-state index >= 15 is 0 Å². The van der Waals surface area contributed by atoms with Crippen LogP contribution in [0, 0.1) is 5.41 Å². The maximum absolute atomic E-state index is 12.5. The fourth-order valence-electron chi connectivity index (χ4n) is 2.82. The second kappa shape index (κ2) is 5.75. The molecule has 6 heteroatoms. The Morgan fingerprint density at radius 2 is 2.00 bits per heavy atom. The van der Waals surface area contributed by atoms with Crippen LogP contribution < -0.4 is 5.32 Å². The molecule has 112 valence electrons. The number of carbonyl (C=O) groups excluding carboxylic acids is 1. The molecule has 3 rings (SSSR count). The minimum atomic E-state index is -0.280. The molecule has 0 atom stereocenters. The van der Waals surface area contributed by atoms with E-state index in [1.54, 1.807) is 12.1 Å². The molecule has 0 aliphatic heterocycles. The van der Waals surface area contributed by atoms with Crippen LogP contribution in [0.3, 0.4) is 0 Å². The lowest BCUT2D eigenvalue weighted by Gasteiger charge is -2.31. The van der Waals surface area contributed by atoms with E-state index in [0.29, 0.717) is 15.2 Å². The van der Waals surface area contributed by atoms with Gasteiger partial charge in [-0.3, -0.25) is 4.79 Å². The molecule has 0 spiro atoms. The second-order valence-electron chi connectivity index (χ2n) is 5.83. The van der Waals surface area contributed by atoms with E-state index < -0.39 is 0 Å². The molecule has 1 N–H and O–H groups in total. The van der Waals surface area contributed by atoms with Gasteiger partial charge in [-0.2, -0.15) is 0 Å². The van der Waals surface area contributed by atoms with Gasteiger partial charge in [0.05, 0.1) is 15.2 Å². The van der Waals surface area contributed by atoms with Gasteiger partial charge in [0.2, 0.25) is 5.91 Å². The van der Waals surface area contributed by atoms with Crippen LogP contribution in [0.5, 0.6) is 0 Å². The standard InChI is InChI=1S/C15H16Cl2N2OS/c1-15(5-3-2-4-6-15)13(20)19-14-18-11-8-9(16)7-10(17)12(11)21-14/h7-8H,2-6H2,1H3,(H,18,19,20). The van der Waals surface area contributed by atoms with E-state index in [0.717, 1.165) is 35.9 Å². The first kappa shape index (κ1) is 15.1. The average Bonchev–Trinajstić information content (AvgIpc) is 2.82. The summed E-state index contributed by atoms with van der Waals surface area (Å²) in [5, 5.41) is 4.66. The molecule has 21 heavy (non-hydrogen) atoms. The number of benzene rings is 1. The number of halogens is 2. The number of thiazole rings is 1. The Bertz CT molecular complexity index is 692. The molecule has 1 aliphatic rings. The highest BCUT2D eigenvalue weighted by Gasteiger charge is 2.34. The van der Waals surface area contributed by atoms with E-state index in [1.165, 1.54) is 17.8 Å². The van der Waals surface area contributed by atoms with Crippen molar-refractivity contribution in [2.24, 2.45) is 5.41 Å². The van der Waals surface area contributed by atoms with Crippen LogP contribution in [-0.2, 0) is 4.79 Å². The summed E-state index contributed by atoms with van der Waals surface area (Å²) in [4.78, 5) is 16.9. The minimum absolute atomic E-state index is 0.0588. The summed E-state index contributed by atoms with van der Waals surface area (Å²) in [5.41, 5.74) is 0.443. The highest BCUT2D eigenvalue weighted by molar-refractivity contribution is 7.23. The molecule has 3 nitrogen and oxygen atoms in total. The van der Waals surface area contributed by atoms with Crippen molar-refractivity contribution in [3.05, 3.63) is 22.2 Å². The second-order valence-corrected chi connectivity index (χ2v) is 7.67. The first-order valence-corrected chi connectivity index (χ1v) is 8.62. The zero-order valence-corrected chi connectivity index (χ0v) is 14.0. The quantitative estimate of drug-likeness (QED) is 0.781. The van der Waals surface area contributed by atoms with Crippen LogP contribution in [-0.4, -0.2) is 10.9 Å². The lowest BCUT2D eigenvalue weighted by molar-refractivity contribution is -0.126. The summed E-state index contributed by atoms with van der Waals surface area (Å²) < 4.78 is 0.852. The molecule has 1 aromatic heterocycles. The van der Waals surface area contributed by atoms with E-state index in [1.807, 2.05) is 6.92 Å². The fraction of sp³-hybridized carbons (Fsp3) is 0.467. The number of amides is 1. The maximum atomic E-state index is 12.5. The molecule has 0 unspecified atom stereocenters. The number of rotatable bonds is 2. The average molecular weight is 343 g/mol. The van der Waals surface area contributed by atoms with E-state index in [-0.39, 0.29) is 11.3 Å². The predicted molar refractivity (Wildman–Crippen MR) is 89.5 cm³/mol. The van der Waals surface area contributed by atoms with Gasteiger partial charge in [0.1, 0.15) is 0 Å². The SMILES string of the molecule is CC1(C(=O)Nc2nc3cc(Cl)cc(Cl)c3s2)CCCCC1. The van der Waals surface area contributed by atoms with Crippen molar-refractivity contribution in [3.63, 3.8) is 0 Å². The summed E-state index contributed by atoms with van der Waals surface area (Å²) in [7, 11) is 0. The van der Waals surface area contributed by atoms with Gasteiger partial charge in [0.25, 0.3) is 0 Å². The summed E-state index contributed by atoms with van der Waals surface area (Å²) in [6, 6.07) is 3.45. The smallest absolute Gasteiger partial charge is 0.232 e. The molecule has 1 aromatic carbocycles. The Hall–Kier alpha value is -0.840. The number of hydrogen-bond acceptors (Lipinski definition) is 3. The molecule has 0 radical (unpaired) electrons. The lowest BCUT2D eigenvalue weighted by Crippen LogP contribution is -2.35. The Kier molecular flexibility index (Phi) is 4.12. The third-order valence-electron chi connectivity index (χ3n) is 4.14. The molecule has 1 saturated carbocycles. The summed E-state index contributed by atoms with van der Waals surface area (Å²) >= 11 is 13.5. The zero-order chi connectivity index (χ0) is 15.0. The highest BCUT2D eigenvalue weighted by atomic mass is 35.5. The van der Waals surface area contributed by atoms with Crippen LogP contribution in [0.4, 0.5) is 5.13 Å². The Balaban J connectivity index is 1.84. The van der Waals surface area contributed by atoms with Crippen molar-refractivity contribution in [2.75, 3.05) is 5.32 Å². The summed E-state index contributed by atoms with van der Waals surface area (Å²) in [6.45, 7) is 2.04. The molecule has 1 heterocycles. The number of hydrogen-bond donors (Lipinski definition) is 1. The molecule has 2 aromatic rings. The van der Waals surface area contributed by atoms with Crippen LogP contribution in [0.15, 0.2) is 12.1 Å². The number of nitrogens with zero attached hydrogens (tertiary/aromatic N) is 1. The van der Waals surface area contributed by atoms with Gasteiger partial charge in [0, 0.05) is 10.4 Å². The third-order valence-corrected chi connectivity index (χ3v) is 5.78. The third kappa shape index (κ3) is 3.03. The maximum Gasteiger partial charge on any atom is 0.232 e. The van der Waals surface area contributed by atoms with Crippen molar-refractivity contribution in [1.82, 2.24) is 4.98 Å². The van der Waals surface area contributed by atoms with E-state index in [9.17, 15) is 4.79 Å². The number of fused-ring (bicyclic) bond motifs is 1. The number of nitrogens with one attached hydrogen (secondary N) is 1. The largest absolute Gasteiger partial charge is 0.301 e. The first-order valence-electron chi connectivity index (χ1n) is 7.05. The topological polar surface area (TPSA) is 42.0 Å². The highest BCUT2D eigenvalue weighted by Crippen LogP contribution is 2.38. The number of aromatic nitrogens is 1. The van der Waals surface area contributed by atoms with Gasteiger partial charge in [-0.1, -0.05) is 60.7 Å². The molecule has 0 saturated heterocycles. The van der Waals surface area contributed by atoms with Gasteiger partial charge in [-0.05, 0) is 25.0 Å². The number of anilines is 1. The summed E-state index contributed by atoms with van der Waals surface area (Å²) in [6.07, 6.45) is 5.33. The zero-order valence-electron chi connectivity index (χ0n) is 11.7. The number of carbonyl (C=O) groups is 1. The van der Waals surface area contributed by atoms with Gasteiger partial charge in [0.15, 0.2) is 5.13 Å². The Morgan fingerprint density at radius 3 is 2.71 bits per heavy atom. The lowest BCUT2D eigenvalue weighted by atomic mass is 9.75. The molecular formula is C15H16Cl2N2OS. The van der Waals surface area contributed by atoms with Crippen molar-refractivity contribution in [3.8, 4) is 0 Å². The van der Waals surface area contributed by atoms with Crippen LogP contribution in [0.1, 0.15) is 39.0 Å². The normalized spacial score (nSPS) is 17.9. The predicted octanol–water partition coefficient (Wildman–Crippen LogP) is 5.51. The van der Waals surface area contributed by atoms with Gasteiger partial charge < -0.3 is 5.32 Å². The van der Waals surface area contributed by atoms with Crippen LogP contribution in [0.25, 0.3) is 10.2 Å². The van der Waals surface area contributed by atoms with Gasteiger partial charge in [-0.25, -0.2) is 4.98 Å². The van der Waals surface area contributed by atoms with E-state index in [2.05, 4.69) is 10.3 Å². The molecule has 1 aliphatic carbocycles. The first-order chi connectivity index (χ1) is 9.98. The monoisotopic (exact) mass is 342 g/mol. The Morgan fingerprint density at radius 1 is 1.29 bits per heavy atom. The molecular weight excluding hydrogens is 327 g/mol. The van der Waals surface area contributed by atoms with Crippen LogP contribution in [0.2, 0.25) is 10.0 Å². The molecule has 0 bridgehead atoms. The summed E-state index contributed by atoms with van der Waals surface area (Å²) in [5.74, 6) is 0.0588. The van der Waals surface area contributed by atoms with Crippen LogP contribution >= 0.6 is 34.5 Å². The van der Waals surface area contributed by atoms with Crippen molar-refractivity contribution in [1.29, 1.82) is 0 Å². The van der Waals surface area contributed by atoms with Gasteiger partial charge >= 0.3 is 0 Å². The van der Waals surface area contributed by atoms with Crippen molar-refractivity contribution < 1.29 is 4.79 Å². The van der Waals surface area contributed by atoms with E-state index in [4.69, 9.17) is 23.2 Å². The van der Waals surface area contributed by atoms with Crippen molar-refractivity contribution >= 4 is 55.8 Å². The molecule has 1 fully saturated rings.